The molecule has 3 nitrogen and oxygen atoms in total. The summed E-state index contributed by atoms with van der Waals surface area (Å²) in [6.45, 7) is 8.08. The maximum atomic E-state index is 11.3. The lowest BCUT2D eigenvalue weighted by Crippen LogP contribution is -2.38. The topological polar surface area (TPSA) is 41.1 Å². The predicted molar refractivity (Wildman–Crippen MR) is 50.9 cm³/mol. The number of carbonyl (C=O) groups excluding carboxylic acids is 1. The number of carbonyl (C=O) groups is 1. The van der Waals surface area contributed by atoms with Gasteiger partial charge < -0.3 is 10.6 Å². The molecule has 0 aromatic carbocycles. The molecule has 0 radical (unpaired) electrons. The van der Waals surface area contributed by atoms with Crippen molar-refractivity contribution >= 4 is 5.91 Å². The number of hydrogen-bond acceptors (Lipinski definition) is 2. The van der Waals surface area contributed by atoms with Crippen LogP contribution in [0.2, 0.25) is 0 Å². The summed E-state index contributed by atoms with van der Waals surface area (Å²) in [5.74, 6) is 0.0779. The van der Waals surface area contributed by atoms with E-state index in [-0.39, 0.29) is 17.9 Å². The van der Waals surface area contributed by atoms with Gasteiger partial charge in [-0.2, -0.15) is 0 Å². The molecular formula is C9H18N2O. The Morgan fingerprint density at radius 2 is 2.17 bits per heavy atom. The highest BCUT2D eigenvalue weighted by Crippen LogP contribution is 1.93. The van der Waals surface area contributed by atoms with Gasteiger partial charge in [-0.3, -0.25) is 4.79 Å². The van der Waals surface area contributed by atoms with E-state index in [2.05, 4.69) is 17.2 Å². The summed E-state index contributed by atoms with van der Waals surface area (Å²) in [7, 11) is 1.83. The van der Waals surface area contributed by atoms with Gasteiger partial charge in [-0.1, -0.05) is 13.0 Å². The van der Waals surface area contributed by atoms with E-state index >= 15 is 0 Å². The Morgan fingerprint density at radius 1 is 1.58 bits per heavy atom. The van der Waals surface area contributed by atoms with E-state index in [1.54, 1.807) is 6.08 Å². The molecule has 0 fully saturated rings. The van der Waals surface area contributed by atoms with Gasteiger partial charge in [0.15, 0.2) is 0 Å². The molecule has 70 valence electrons. The van der Waals surface area contributed by atoms with Crippen LogP contribution in [-0.4, -0.2) is 25.5 Å². The zero-order chi connectivity index (χ0) is 9.56. The first kappa shape index (κ1) is 11.2. The van der Waals surface area contributed by atoms with Gasteiger partial charge in [0, 0.05) is 18.5 Å². The van der Waals surface area contributed by atoms with Crippen LogP contribution in [-0.2, 0) is 4.79 Å². The van der Waals surface area contributed by atoms with Crippen molar-refractivity contribution in [3.05, 3.63) is 12.7 Å². The summed E-state index contributed by atoms with van der Waals surface area (Å²) in [4.78, 5) is 11.3. The Labute approximate surface area is 74.2 Å². The summed E-state index contributed by atoms with van der Waals surface area (Å²) < 4.78 is 0. The lowest BCUT2D eigenvalue weighted by molar-refractivity contribution is -0.124. The first-order valence-electron chi connectivity index (χ1n) is 4.19. The van der Waals surface area contributed by atoms with Crippen LogP contribution in [0.1, 0.15) is 13.8 Å². The van der Waals surface area contributed by atoms with E-state index in [1.807, 2.05) is 20.9 Å². The lowest BCUT2D eigenvalue weighted by Gasteiger charge is -2.14. The highest BCUT2D eigenvalue weighted by Gasteiger charge is 2.12. The van der Waals surface area contributed by atoms with Gasteiger partial charge in [0.05, 0.1) is 0 Å². The average Bonchev–Trinajstić information content (AvgIpc) is 2.04. The minimum absolute atomic E-state index is 0.0115. The largest absolute Gasteiger partial charge is 0.350 e. The van der Waals surface area contributed by atoms with Crippen LogP contribution < -0.4 is 10.6 Å². The van der Waals surface area contributed by atoms with Gasteiger partial charge in [-0.15, -0.1) is 6.58 Å². The number of rotatable bonds is 5. The average molecular weight is 170 g/mol. The maximum Gasteiger partial charge on any atom is 0.224 e. The van der Waals surface area contributed by atoms with Crippen molar-refractivity contribution < 1.29 is 4.79 Å². The summed E-state index contributed by atoms with van der Waals surface area (Å²) in [6, 6.07) is 0.0526. The van der Waals surface area contributed by atoms with Crippen molar-refractivity contribution in [3.8, 4) is 0 Å². The third-order valence-corrected chi connectivity index (χ3v) is 1.68. The second-order valence-corrected chi connectivity index (χ2v) is 2.99. The molecule has 0 aliphatic carbocycles. The van der Waals surface area contributed by atoms with Crippen molar-refractivity contribution in [2.75, 3.05) is 13.6 Å². The quantitative estimate of drug-likeness (QED) is 0.591. The Balaban J connectivity index is 3.78. The van der Waals surface area contributed by atoms with Crippen molar-refractivity contribution in [1.82, 2.24) is 10.6 Å². The van der Waals surface area contributed by atoms with Crippen LogP contribution in [0, 0.1) is 5.92 Å². The van der Waals surface area contributed by atoms with E-state index in [9.17, 15) is 4.79 Å². The van der Waals surface area contributed by atoms with E-state index in [4.69, 9.17) is 0 Å². The number of nitrogens with one attached hydrogen (secondary N) is 2. The summed E-state index contributed by atoms with van der Waals surface area (Å²) in [5.41, 5.74) is 0. The molecule has 0 spiro atoms. The van der Waals surface area contributed by atoms with Gasteiger partial charge in [-0.25, -0.2) is 0 Å². The number of amides is 1. The van der Waals surface area contributed by atoms with Crippen molar-refractivity contribution in [2.24, 2.45) is 5.92 Å². The Kier molecular flexibility index (Phi) is 5.37. The second-order valence-electron chi connectivity index (χ2n) is 2.99. The van der Waals surface area contributed by atoms with Crippen LogP contribution in [0.5, 0.6) is 0 Å². The Morgan fingerprint density at radius 3 is 2.58 bits per heavy atom. The van der Waals surface area contributed by atoms with Crippen LogP contribution >= 0.6 is 0 Å². The summed E-state index contributed by atoms with van der Waals surface area (Å²) in [5, 5.41) is 5.77. The van der Waals surface area contributed by atoms with Gasteiger partial charge in [-0.05, 0) is 14.0 Å². The highest BCUT2D eigenvalue weighted by molar-refractivity contribution is 5.78. The summed E-state index contributed by atoms with van der Waals surface area (Å²) in [6.07, 6.45) is 1.71. The second kappa shape index (κ2) is 5.77. The lowest BCUT2D eigenvalue weighted by atomic mass is 10.1. The zero-order valence-corrected chi connectivity index (χ0v) is 8.05. The third kappa shape index (κ3) is 4.13. The van der Waals surface area contributed by atoms with Gasteiger partial charge in [0.25, 0.3) is 0 Å². The fourth-order valence-electron chi connectivity index (χ4n) is 0.824. The molecular weight excluding hydrogens is 152 g/mol. The monoisotopic (exact) mass is 170 g/mol. The first-order chi connectivity index (χ1) is 5.61. The van der Waals surface area contributed by atoms with Crippen LogP contribution in [0.3, 0.4) is 0 Å². The minimum Gasteiger partial charge on any atom is -0.350 e. The van der Waals surface area contributed by atoms with Crippen molar-refractivity contribution in [1.29, 1.82) is 0 Å². The zero-order valence-electron chi connectivity index (χ0n) is 8.05. The molecule has 3 heteroatoms. The van der Waals surface area contributed by atoms with Gasteiger partial charge in [0.2, 0.25) is 5.91 Å². The normalized spacial score (nSPS) is 14.9. The van der Waals surface area contributed by atoms with Gasteiger partial charge >= 0.3 is 0 Å². The van der Waals surface area contributed by atoms with Crippen molar-refractivity contribution in [3.63, 3.8) is 0 Å². The van der Waals surface area contributed by atoms with E-state index in [1.165, 1.54) is 0 Å². The van der Waals surface area contributed by atoms with Crippen LogP contribution in [0.25, 0.3) is 0 Å². The molecule has 2 atom stereocenters. The minimum atomic E-state index is 0.0115. The fraction of sp³-hybridized carbons (Fsp3) is 0.667. The molecule has 1 amide bonds. The van der Waals surface area contributed by atoms with Crippen LogP contribution in [0.15, 0.2) is 12.7 Å². The van der Waals surface area contributed by atoms with E-state index in [0.29, 0.717) is 6.54 Å². The molecule has 2 N–H and O–H groups in total. The predicted octanol–water partition coefficient (Wildman–Crippen LogP) is 0.533. The van der Waals surface area contributed by atoms with E-state index < -0.39 is 0 Å². The standard InChI is InChI=1S/C9H18N2O/c1-5-8(3)11-9(12)7(2)6-10-4/h5,7-8,10H,1,6H2,2-4H3,(H,11,12). The Hall–Kier alpha value is -0.830. The highest BCUT2D eigenvalue weighted by atomic mass is 16.1. The smallest absolute Gasteiger partial charge is 0.224 e. The summed E-state index contributed by atoms with van der Waals surface area (Å²) >= 11 is 0. The molecule has 12 heavy (non-hydrogen) atoms. The van der Waals surface area contributed by atoms with Crippen molar-refractivity contribution in [2.45, 2.75) is 19.9 Å². The Bertz CT molecular complexity index is 157. The van der Waals surface area contributed by atoms with E-state index in [0.717, 1.165) is 0 Å². The molecule has 0 aliphatic heterocycles. The molecule has 2 unspecified atom stereocenters. The maximum absolute atomic E-state index is 11.3. The molecule has 0 aromatic heterocycles. The number of hydrogen-bond donors (Lipinski definition) is 2. The molecule has 0 heterocycles. The molecule has 0 bridgehead atoms. The third-order valence-electron chi connectivity index (χ3n) is 1.68. The fourth-order valence-corrected chi connectivity index (χ4v) is 0.824. The molecule has 0 saturated heterocycles. The molecule has 0 aliphatic rings. The first-order valence-corrected chi connectivity index (χ1v) is 4.19. The molecule has 0 aromatic rings. The SMILES string of the molecule is C=CC(C)NC(=O)C(C)CNC. The van der Waals surface area contributed by atoms with Gasteiger partial charge in [0.1, 0.15) is 0 Å². The molecule has 0 saturated carbocycles. The van der Waals surface area contributed by atoms with Crippen LogP contribution in [0.4, 0.5) is 0 Å². The molecule has 0 rings (SSSR count).